The number of benzene rings is 1. The average Bonchev–Trinajstić information content (AvgIpc) is 2.35. The molecule has 0 bridgehead atoms. The summed E-state index contributed by atoms with van der Waals surface area (Å²) in [5.41, 5.74) is -0.444. The number of ketones is 1. The van der Waals surface area contributed by atoms with Crippen LogP contribution in [0.1, 0.15) is 24.2 Å². The van der Waals surface area contributed by atoms with Gasteiger partial charge in [0.2, 0.25) is 0 Å². The molecule has 0 unspecified atom stereocenters. The van der Waals surface area contributed by atoms with Gasteiger partial charge >= 0.3 is 0 Å². The molecule has 1 aliphatic heterocycles. The Kier molecular flexibility index (Phi) is 4.13. The second-order valence-electron chi connectivity index (χ2n) is 5.40. The summed E-state index contributed by atoms with van der Waals surface area (Å²) in [4.78, 5) is 28.6. The third kappa shape index (κ3) is 3.47. The van der Waals surface area contributed by atoms with Gasteiger partial charge in [0.05, 0.1) is 17.0 Å². The molecule has 0 saturated carbocycles. The first kappa shape index (κ1) is 15.6. The summed E-state index contributed by atoms with van der Waals surface area (Å²) in [5.74, 6) is -0.387. The fourth-order valence-corrected chi connectivity index (χ4v) is 2.49. The van der Waals surface area contributed by atoms with Crippen molar-refractivity contribution >= 4 is 23.1 Å². The number of Topliss-reactive ketones (excluding diaryl/α,β-unsaturated/α-hetero) is 1. The number of carbonyl (C=O) groups excluding carboxylic acids is 1. The fourth-order valence-electron chi connectivity index (χ4n) is 2.32. The minimum Gasteiger partial charge on any atom is -0.289 e. The lowest BCUT2D eigenvalue weighted by Gasteiger charge is -2.33. The van der Waals surface area contributed by atoms with Crippen molar-refractivity contribution in [2.24, 2.45) is 0 Å². The summed E-state index contributed by atoms with van der Waals surface area (Å²) in [6.45, 7) is 3.89. The Labute approximate surface area is 127 Å². The molecule has 7 heteroatoms. The van der Waals surface area contributed by atoms with Crippen LogP contribution in [0, 0.1) is 10.1 Å². The SMILES string of the molecule is CN1CC(C(=O)c2ccc(Cl)cc2[N+](=O)[O-])=CC(C)(C)O1. The van der Waals surface area contributed by atoms with Crippen molar-refractivity contribution in [3.63, 3.8) is 0 Å². The third-order valence-corrected chi connectivity index (χ3v) is 3.23. The smallest absolute Gasteiger partial charge is 0.282 e. The van der Waals surface area contributed by atoms with E-state index in [4.69, 9.17) is 16.4 Å². The number of hydroxylamine groups is 2. The molecule has 0 N–H and O–H groups in total. The number of rotatable bonds is 3. The normalized spacial score (nSPS) is 18.2. The van der Waals surface area contributed by atoms with Gasteiger partial charge in [-0.1, -0.05) is 11.6 Å². The van der Waals surface area contributed by atoms with Gasteiger partial charge in [-0.25, -0.2) is 0 Å². The number of carbonyl (C=O) groups is 1. The molecule has 1 aromatic carbocycles. The predicted molar refractivity (Wildman–Crippen MR) is 78.3 cm³/mol. The van der Waals surface area contributed by atoms with Gasteiger partial charge in [0.1, 0.15) is 5.60 Å². The fraction of sp³-hybridized carbons (Fsp3) is 0.357. The molecular formula is C14H15ClN2O4. The Hall–Kier alpha value is -1.76. The zero-order chi connectivity index (χ0) is 15.8. The molecule has 0 aliphatic carbocycles. The first-order chi connectivity index (χ1) is 9.69. The van der Waals surface area contributed by atoms with E-state index in [0.29, 0.717) is 5.57 Å². The molecule has 6 nitrogen and oxygen atoms in total. The van der Waals surface area contributed by atoms with Crippen molar-refractivity contribution in [2.45, 2.75) is 19.4 Å². The Morgan fingerprint density at radius 3 is 2.71 bits per heavy atom. The first-order valence-corrected chi connectivity index (χ1v) is 6.68. The number of nitro benzene ring substituents is 1. The molecule has 0 radical (unpaired) electrons. The average molecular weight is 311 g/mol. The second kappa shape index (κ2) is 5.55. The molecule has 1 aromatic rings. The molecule has 0 fully saturated rings. The lowest BCUT2D eigenvalue weighted by Crippen LogP contribution is -2.39. The quantitative estimate of drug-likeness (QED) is 0.487. The Balaban J connectivity index is 2.46. The molecule has 0 spiro atoms. The van der Waals surface area contributed by atoms with Crippen molar-refractivity contribution in [3.8, 4) is 0 Å². The zero-order valence-corrected chi connectivity index (χ0v) is 12.7. The van der Waals surface area contributed by atoms with Gasteiger partial charge in [0, 0.05) is 23.7 Å². The van der Waals surface area contributed by atoms with Crippen molar-refractivity contribution < 1.29 is 14.6 Å². The zero-order valence-electron chi connectivity index (χ0n) is 11.9. The Morgan fingerprint density at radius 2 is 2.14 bits per heavy atom. The van der Waals surface area contributed by atoms with Crippen LogP contribution < -0.4 is 0 Å². The second-order valence-corrected chi connectivity index (χ2v) is 5.83. The van der Waals surface area contributed by atoms with E-state index >= 15 is 0 Å². The molecule has 21 heavy (non-hydrogen) atoms. The minimum absolute atomic E-state index is 0.0294. The monoisotopic (exact) mass is 310 g/mol. The van der Waals surface area contributed by atoms with Crippen LogP contribution in [0.3, 0.4) is 0 Å². The summed E-state index contributed by atoms with van der Waals surface area (Å²) in [7, 11) is 1.71. The number of nitrogens with zero attached hydrogens (tertiary/aromatic N) is 2. The first-order valence-electron chi connectivity index (χ1n) is 6.30. The van der Waals surface area contributed by atoms with E-state index in [1.54, 1.807) is 13.1 Å². The third-order valence-electron chi connectivity index (χ3n) is 3.00. The van der Waals surface area contributed by atoms with Crippen molar-refractivity contribution in [2.75, 3.05) is 13.6 Å². The molecule has 0 atom stereocenters. The number of hydrogen-bond donors (Lipinski definition) is 0. The van der Waals surface area contributed by atoms with E-state index in [2.05, 4.69) is 0 Å². The van der Waals surface area contributed by atoms with Crippen LogP contribution in [0.2, 0.25) is 5.02 Å². The molecule has 1 heterocycles. The molecule has 2 rings (SSSR count). The highest BCUT2D eigenvalue weighted by Gasteiger charge is 2.31. The van der Waals surface area contributed by atoms with Crippen LogP contribution in [0.15, 0.2) is 29.8 Å². The summed E-state index contributed by atoms with van der Waals surface area (Å²) in [5, 5.41) is 12.8. The molecule has 112 valence electrons. The Bertz CT molecular complexity index is 640. The molecule has 0 amide bonds. The molecule has 0 saturated heterocycles. The van der Waals surface area contributed by atoms with E-state index in [-0.39, 0.29) is 28.6 Å². The largest absolute Gasteiger partial charge is 0.289 e. The van der Waals surface area contributed by atoms with Gasteiger partial charge in [-0.3, -0.25) is 19.7 Å². The van der Waals surface area contributed by atoms with E-state index in [9.17, 15) is 14.9 Å². The topological polar surface area (TPSA) is 72.7 Å². The van der Waals surface area contributed by atoms with Gasteiger partial charge in [-0.15, -0.1) is 0 Å². The maximum Gasteiger partial charge on any atom is 0.282 e. The molecular weight excluding hydrogens is 296 g/mol. The van der Waals surface area contributed by atoms with E-state index in [0.717, 1.165) is 0 Å². The van der Waals surface area contributed by atoms with Gasteiger partial charge in [-0.2, -0.15) is 5.06 Å². The van der Waals surface area contributed by atoms with Crippen molar-refractivity contribution in [3.05, 3.63) is 50.5 Å². The number of halogens is 1. The highest BCUT2D eigenvalue weighted by molar-refractivity contribution is 6.31. The Morgan fingerprint density at radius 1 is 1.48 bits per heavy atom. The van der Waals surface area contributed by atoms with Gasteiger partial charge in [0.15, 0.2) is 5.78 Å². The lowest BCUT2D eigenvalue weighted by atomic mass is 9.96. The van der Waals surface area contributed by atoms with E-state index in [1.807, 2.05) is 13.8 Å². The summed E-state index contributed by atoms with van der Waals surface area (Å²) in [6, 6.07) is 4.03. The van der Waals surface area contributed by atoms with Crippen LogP contribution in [-0.4, -0.2) is 35.0 Å². The molecule has 0 aromatic heterocycles. The highest BCUT2D eigenvalue weighted by Crippen LogP contribution is 2.28. The number of likely N-dealkylation sites (N-methyl/N-ethyl adjacent to an activating group) is 1. The number of nitro groups is 1. The summed E-state index contributed by atoms with van der Waals surface area (Å²) < 4.78 is 0. The van der Waals surface area contributed by atoms with Gasteiger partial charge in [-0.05, 0) is 32.1 Å². The number of hydrogen-bond acceptors (Lipinski definition) is 5. The van der Waals surface area contributed by atoms with Crippen LogP contribution in [0.25, 0.3) is 0 Å². The lowest BCUT2D eigenvalue weighted by molar-refractivity contribution is -0.385. The van der Waals surface area contributed by atoms with E-state index in [1.165, 1.54) is 23.3 Å². The van der Waals surface area contributed by atoms with Crippen LogP contribution >= 0.6 is 11.6 Å². The van der Waals surface area contributed by atoms with Gasteiger partial charge < -0.3 is 0 Å². The minimum atomic E-state index is -0.640. The van der Waals surface area contributed by atoms with Crippen LogP contribution in [0.5, 0.6) is 0 Å². The summed E-state index contributed by atoms with van der Waals surface area (Å²) in [6.07, 6.45) is 1.69. The maximum absolute atomic E-state index is 12.6. The van der Waals surface area contributed by atoms with E-state index < -0.39 is 10.5 Å². The van der Waals surface area contributed by atoms with Crippen molar-refractivity contribution in [1.29, 1.82) is 0 Å². The van der Waals surface area contributed by atoms with Gasteiger partial charge in [0.25, 0.3) is 5.69 Å². The molecule has 1 aliphatic rings. The van der Waals surface area contributed by atoms with Crippen molar-refractivity contribution in [1.82, 2.24) is 5.06 Å². The van der Waals surface area contributed by atoms with Crippen LogP contribution in [0.4, 0.5) is 5.69 Å². The predicted octanol–water partition coefficient (Wildman–Crippen LogP) is 3.01. The van der Waals surface area contributed by atoms with Crippen LogP contribution in [-0.2, 0) is 4.84 Å². The standard InChI is InChI=1S/C14H15ClN2O4/c1-14(2)7-9(8-16(3)21-14)13(18)11-5-4-10(15)6-12(11)17(19)20/h4-7H,8H2,1-3H3. The maximum atomic E-state index is 12.6. The summed E-state index contributed by atoms with van der Waals surface area (Å²) >= 11 is 5.76. The highest BCUT2D eigenvalue weighted by atomic mass is 35.5.